The van der Waals surface area contributed by atoms with E-state index in [1.807, 2.05) is 0 Å². The summed E-state index contributed by atoms with van der Waals surface area (Å²) in [5.74, 6) is 2.92. The Balaban J connectivity index is 2.15. The van der Waals surface area contributed by atoms with E-state index in [-0.39, 0.29) is 0 Å². The summed E-state index contributed by atoms with van der Waals surface area (Å²) in [7, 11) is 0. The maximum Gasteiger partial charge on any atom is 0.276 e. The van der Waals surface area contributed by atoms with Crippen LogP contribution in [0.2, 0.25) is 0 Å². The van der Waals surface area contributed by atoms with Crippen LogP contribution in [0.25, 0.3) is 11.6 Å². The van der Waals surface area contributed by atoms with Crippen LogP contribution in [0.15, 0.2) is 22.9 Å². The summed E-state index contributed by atoms with van der Waals surface area (Å²) in [5.41, 5.74) is 6.81. The van der Waals surface area contributed by atoms with Gasteiger partial charge in [-0.15, -0.1) is 0 Å². The first-order valence-electron chi connectivity index (χ1n) is 4.92. The molecule has 16 heavy (non-hydrogen) atoms. The molecule has 84 valence electrons. The summed E-state index contributed by atoms with van der Waals surface area (Å²) in [6.07, 6.45) is 1.57. The fourth-order valence-corrected chi connectivity index (χ4v) is 1.65. The molecule has 0 aliphatic rings. The Morgan fingerprint density at radius 3 is 3.00 bits per heavy atom. The Bertz CT molecular complexity index is 454. The molecule has 0 saturated carbocycles. The maximum atomic E-state index is 5.54. The zero-order chi connectivity index (χ0) is 11.4. The lowest BCUT2D eigenvalue weighted by Crippen LogP contribution is -1.89. The van der Waals surface area contributed by atoms with Crippen LogP contribution in [0.4, 0.5) is 5.69 Å². The van der Waals surface area contributed by atoms with Crippen molar-refractivity contribution in [3.63, 3.8) is 0 Å². The van der Waals surface area contributed by atoms with Crippen molar-refractivity contribution in [1.29, 1.82) is 0 Å². The van der Waals surface area contributed by atoms with Gasteiger partial charge in [0.15, 0.2) is 5.82 Å². The summed E-state index contributed by atoms with van der Waals surface area (Å²) in [4.78, 5) is 8.36. The van der Waals surface area contributed by atoms with Crippen molar-refractivity contribution >= 4 is 17.4 Å². The van der Waals surface area contributed by atoms with E-state index < -0.39 is 0 Å². The summed E-state index contributed by atoms with van der Waals surface area (Å²) in [6.45, 7) is 2.09. The number of anilines is 1. The van der Waals surface area contributed by atoms with Gasteiger partial charge in [-0.2, -0.15) is 16.7 Å². The quantitative estimate of drug-likeness (QED) is 0.874. The van der Waals surface area contributed by atoms with Crippen LogP contribution in [0.1, 0.15) is 12.7 Å². The van der Waals surface area contributed by atoms with E-state index in [2.05, 4.69) is 22.0 Å². The van der Waals surface area contributed by atoms with Crippen LogP contribution in [-0.2, 0) is 5.75 Å². The molecule has 0 bridgehead atoms. The monoisotopic (exact) mass is 236 g/mol. The van der Waals surface area contributed by atoms with Crippen molar-refractivity contribution in [2.75, 3.05) is 11.5 Å². The predicted molar refractivity (Wildman–Crippen MR) is 63.8 cm³/mol. The number of nitrogens with two attached hydrogens (primary N) is 1. The zero-order valence-electron chi connectivity index (χ0n) is 8.88. The Hall–Kier alpha value is -1.56. The molecule has 2 N–H and O–H groups in total. The van der Waals surface area contributed by atoms with Gasteiger partial charge in [0.25, 0.3) is 5.89 Å². The van der Waals surface area contributed by atoms with Crippen LogP contribution in [-0.4, -0.2) is 20.9 Å². The van der Waals surface area contributed by atoms with Gasteiger partial charge in [0, 0.05) is 0 Å². The average molecular weight is 236 g/mol. The largest absolute Gasteiger partial charge is 0.397 e. The first-order valence-corrected chi connectivity index (χ1v) is 6.07. The standard InChI is InChI=1S/C10H12N4OS/c1-2-16-6-9-13-10(15-14-9)8-4-3-7(11)5-12-8/h3-5H,2,6,11H2,1H3. The molecule has 0 aromatic carbocycles. The highest BCUT2D eigenvalue weighted by atomic mass is 32.2. The molecule has 0 atom stereocenters. The van der Waals surface area contributed by atoms with Gasteiger partial charge in [-0.3, -0.25) is 0 Å². The van der Waals surface area contributed by atoms with Crippen LogP contribution >= 0.6 is 11.8 Å². The number of thioether (sulfide) groups is 1. The topological polar surface area (TPSA) is 77.8 Å². The molecule has 0 aliphatic heterocycles. The van der Waals surface area contributed by atoms with E-state index in [1.165, 1.54) is 0 Å². The van der Waals surface area contributed by atoms with E-state index in [0.717, 1.165) is 11.5 Å². The number of rotatable bonds is 4. The highest BCUT2D eigenvalue weighted by Crippen LogP contribution is 2.17. The van der Waals surface area contributed by atoms with Crippen molar-refractivity contribution in [3.8, 4) is 11.6 Å². The van der Waals surface area contributed by atoms with Crippen molar-refractivity contribution in [1.82, 2.24) is 15.1 Å². The Kier molecular flexibility index (Phi) is 3.40. The van der Waals surface area contributed by atoms with Gasteiger partial charge in [-0.1, -0.05) is 12.1 Å². The lowest BCUT2D eigenvalue weighted by Gasteiger charge is -1.93. The van der Waals surface area contributed by atoms with E-state index in [9.17, 15) is 0 Å². The SMILES string of the molecule is CCSCc1noc(-c2ccc(N)cn2)n1. The third-order valence-corrected chi connectivity index (χ3v) is 2.78. The Morgan fingerprint density at radius 1 is 1.44 bits per heavy atom. The Morgan fingerprint density at radius 2 is 2.31 bits per heavy atom. The molecular weight excluding hydrogens is 224 g/mol. The first kappa shape index (κ1) is 10.9. The highest BCUT2D eigenvalue weighted by molar-refractivity contribution is 7.98. The van der Waals surface area contributed by atoms with Crippen molar-refractivity contribution < 1.29 is 4.52 Å². The van der Waals surface area contributed by atoms with Crippen LogP contribution < -0.4 is 5.73 Å². The fourth-order valence-electron chi connectivity index (χ4n) is 1.14. The lowest BCUT2D eigenvalue weighted by molar-refractivity contribution is 0.424. The third-order valence-electron chi connectivity index (χ3n) is 1.91. The van der Waals surface area contributed by atoms with E-state index in [4.69, 9.17) is 10.3 Å². The molecule has 2 aromatic heterocycles. The molecule has 0 unspecified atom stereocenters. The number of hydrogen-bond acceptors (Lipinski definition) is 6. The van der Waals surface area contributed by atoms with Crippen LogP contribution in [0, 0.1) is 0 Å². The van der Waals surface area contributed by atoms with Gasteiger partial charge >= 0.3 is 0 Å². The second kappa shape index (κ2) is 4.98. The third kappa shape index (κ3) is 2.52. The van der Waals surface area contributed by atoms with Gasteiger partial charge in [0.05, 0.1) is 17.6 Å². The molecule has 0 aliphatic carbocycles. The summed E-state index contributed by atoms with van der Waals surface area (Å²) < 4.78 is 5.11. The van der Waals surface area contributed by atoms with Gasteiger partial charge in [-0.05, 0) is 17.9 Å². The summed E-state index contributed by atoms with van der Waals surface area (Å²) >= 11 is 1.75. The minimum atomic E-state index is 0.437. The normalized spacial score (nSPS) is 10.6. The molecule has 2 rings (SSSR count). The molecule has 0 amide bonds. The second-order valence-electron chi connectivity index (χ2n) is 3.13. The van der Waals surface area contributed by atoms with Gasteiger partial charge in [0.2, 0.25) is 0 Å². The first-order chi connectivity index (χ1) is 7.79. The highest BCUT2D eigenvalue weighted by Gasteiger charge is 2.09. The number of nitrogen functional groups attached to an aromatic ring is 1. The molecule has 2 aromatic rings. The number of nitrogens with zero attached hydrogens (tertiary/aromatic N) is 3. The number of hydrogen-bond donors (Lipinski definition) is 1. The molecular formula is C10H12N4OS. The minimum Gasteiger partial charge on any atom is -0.397 e. The van der Waals surface area contributed by atoms with E-state index in [0.29, 0.717) is 23.1 Å². The second-order valence-corrected chi connectivity index (χ2v) is 4.40. The van der Waals surface area contributed by atoms with E-state index in [1.54, 1.807) is 30.1 Å². The molecule has 0 spiro atoms. The molecule has 2 heterocycles. The summed E-state index contributed by atoms with van der Waals surface area (Å²) in [6, 6.07) is 3.52. The lowest BCUT2D eigenvalue weighted by atomic mass is 10.3. The summed E-state index contributed by atoms with van der Waals surface area (Å²) in [5, 5.41) is 3.87. The Labute approximate surface area is 97.5 Å². The molecule has 5 nitrogen and oxygen atoms in total. The van der Waals surface area contributed by atoms with E-state index >= 15 is 0 Å². The van der Waals surface area contributed by atoms with Crippen LogP contribution in [0.3, 0.4) is 0 Å². The molecule has 0 radical (unpaired) electrons. The van der Waals surface area contributed by atoms with Crippen LogP contribution in [0.5, 0.6) is 0 Å². The minimum absolute atomic E-state index is 0.437. The van der Waals surface area contributed by atoms with Crippen molar-refractivity contribution in [2.45, 2.75) is 12.7 Å². The van der Waals surface area contributed by atoms with Crippen molar-refractivity contribution in [3.05, 3.63) is 24.2 Å². The zero-order valence-corrected chi connectivity index (χ0v) is 9.70. The van der Waals surface area contributed by atoms with Gasteiger partial charge in [0.1, 0.15) is 5.69 Å². The predicted octanol–water partition coefficient (Wildman–Crippen LogP) is 1.97. The van der Waals surface area contributed by atoms with Crippen molar-refractivity contribution in [2.24, 2.45) is 0 Å². The number of aromatic nitrogens is 3. The molecule has 0 fully saturated rings. The average Bonchev–Trinajstić information content (AvgIpc) is 2.76. The molecule has 0 saturated heterocycles. The maximum absolute atomic E-state index is 5.54. The smallest absolute Gasteiger partial charge is 0.276 e. The van der Waals surface area contributed by atoms with Gasteiger partial charge < -0.3 is 10.3 Å². The van der Waals surface area contributed by atoms with Gasteiger partial charge in [-0.25, -0.2) is 4.98 Å². The number of pyridine rings is 1. The fraction of sp³-hybridized carbons (Fsp3) is 0.300. The molecule has 6 heteroatoms.